The molecule has 2 N–H and O–H groups in total. The first-order chi connectivity index (χ1) is 9.71. The van der Waals surface area contributed by atoms with Crippen LogP contribution in [-0.4, -0.2) is 41.0 Å². The summed E-state index contributed by atoms with van der Waals surface area (Å²) in [4.78, 5) is 0. The van der Waals surface area contributed by atoms with E-state index in [1.165, 1.54) is 0 Å². The van der Waals surface area contributed by atoms with Crippen LogP contribution in [0.5, 0.6) is 11.5 Å². The first kappa shape index (κ1) is 14.5. The number of nitrogens with zero attached hydrogens (tertiary/aromatic N) is 4. The van der Waals surface area contributed by atoms with E-state index in [1.807, 2.05) is 0 Å². The molecule has 1 heterocycles. The molecule has 0 saturated heterocycles. The Bertz CT molecular complexity index is 587. The van der Waals surface area contributed by atoms with Gasteiger partial charge in [-0.25, -0.2) is 0 Å². The maximum atomic E-state index is 6.08. The highest BCUT2D eigenvalue weighted by Crippen LogP contribution is 2.34. The molecule has 0 aliphatic carbocycles. The van der Waals surface area contributed by atoms with E-state index >= 15 is 0 Å². The summed E-state index contributed by atoms with van der Waals surface area (Å²) < 4.78 is 12.1. The third-order valence-corrected chi connectivity index (χ3v) is 3.12. The molecule has 0 saturated carbocycles. The zero-order valence-electron chi connectivity index (χ0n) is 11.3. The minimum absolute atomic E-state index is 0.463. The molecule has 2 rings (SSSR count). The van der Waals surface area contributed by atoms with Crippen LogP contribution in [0.1, 0.15) is 12.2 Å². The second-order valence-corrected chi connectivity index (χ2v) is 4.46. The van der Waals surface area contributed by atoms with Crippen molar-refractivity contribution >= 4 is 11.6 Å². The van der Waals surface area contributed by atoms with Gasteiger partial charge in [0.05, 0.1) is 19.2 Å². The molecule has 0 atom stereocenters. The monoisotopic (exact) mass is 297 g/mol. The smallest absolute Gasteiger partial charge is 0.156 e. The quantitative estimate of drug-likeness (QED) is 0.862. The zero-order chi connectivity index (χ0) is 14.5. The fourth-order valence-electron chi connectivity index (χ4n) is 1.82. The number of halogens is 1. The van der Waals surface area contributed by atoms with Gasteiger partial charge in [0.15, 0.2) is 5.82 Å². The van der Waals surface area contributed by atoms with Crippen molar-refractivity contribution in [1.82, 2.24) is 20.2 Å². The number of hydrogen-bond donors (Lipinski definition) is 1. The van der Waals surface area contributed by atoms with Crippen LogP contribution in [0.3, 0.4) is 0 Å². The summed E-state index contributed by atoms with van der Waals surface area (Å²) in [7, 11) is 3.11. The second kappa shape index (κ2) is 6.53. The standard InChI is InChI=1S/C12H16ClN5O2/c1-19-10-7-9(11(20-2)6-8(10)13)18-12(4-3-5-14)15-16-17-18/h6-7H,3-5,14H2,1-2H3. The van der Waals surface area contributed by atoms with E-state index in [2.05, 4.69) is 15.5 Å². The van der Waals surface area contributed by atoms with Crippen LogP contribution in [0.4, 0.5) is 0 Å². The van der Waals surface area contributed by atoms with Crippen LogP contribution in [0.25, 0.3) is 5.69 Å². The lowest BCUT2D eigenvalue weighted by Gasteiger charge is -2.12. The number of tetrazole rings is 1. The van der Waals surface area contributed by atoms with E-state index in [9.17, 15) is 0 Å². The highest BCUT2D eigenvalue weighted by Gasteiger charge is 2.16. The molecule has 1 aromatic carbocycles. The van der Waals surface area contributed by atoms with Crippen molar-refractivity contribution < 1.29 is 9.47 Å². The molecular weight excluding hydrogens is 282 g/mol. The lowest BCUT2D eigenvalue weighted by molar-refractivity contribution is 0.400. The van der Waals surface area contributed by atoms with Crippen molar-refractivity contribution in [2.75, 3.05) is 20.8 Å². The third kappa shape index (κ3) is 2.83. The van der Waals surface area contributed by atoms with Gasteiger partial charge in [-0.15, -0.1) is 5.10 Å². The maximum absolute atomic E-state index is 6.08. The van der Waals surface area contributed by atoms with Crippen molar-refractivity contribution in [3.63, 3.8) is 0 Å². The Morgan fingerprint density at radius 1 is 1.25 bits per heavy atom. The maximum Gasteiger partial charge on any atom is 0.156 e. The number of aryl methyl sites for hydroxylation is 1. The first-order valence-electron chi connectivity index (χ1n) is 6.10. The Labute approximate surface area is 121 Å². The summed E-state index contributed by atoms with van der Waals surface area (Å²) in [5, 5.41) is 12.1. The average Bonchev–Trinajstić information content (AvgIpc) is 2.92. The number of hydrogen-bond acceptors (Lipinski definition) is 6. The van der Waals surface area contributed by atoms with E-state index in [0.717, 1.165) is 6.42 Å². The van der Waals surface area contributed by atoms with Gasteiger partial charge in [0.1, 0.15) is 17.2 Å². The highest BCUT2D eigenvalue weighted by atomic mass is 35.5. The molecule has 0 radical (unpaired) electrons. The van der Waals surface area contributed by atoms with Gasteiger partial charge in [-0.2, -0.15) is 4.68 Å². The molecule has 8 heteroatoms. The van der Waals surface area contributed by atoms with E-state index in [1.54, 1.807) is 31.0 Å². The average molecular weight is 298 g/mol. The van der Waals surface area contributed by atoms with Crippen molar-refractivity contribution in [3.8, 4) is 17.2 Å². The predicted molar refractivity (Wildman–Crippen MR) is 74.6 cm³/mol. The molecule has 0 bridgehead atoms. The van der Waals surface area contributed by atoms with Crippen molar-refractivity contribution in [3.05, 3.63) is 23.0 Å². The summed E-state index contributed by atoms with van der Waals surface area (Å²) >= 11 is 6.08. The third-order valence-electron chi connectivity index (χ3n) is 2.82. The first-order valence-corrected chi connectivity index (χ1v) is 6.48. The van der Waals surface area contributed by atoms with Gasteiger partial charge in [-0.05, 0) is 23.4 Å². The fourth-order valence-corrected chi connectivity index (χ4v) is 2.05. The van der Waals surface area contributed by atoms with Gasteiger partial charge >= 0.3 is 0 Å². The summed E-state index contributed by atoms with van der Waals surface area (Å²) in [5.41, 5.74) is 6.19. The number of benzene rings is 1. The van der Waals surface area contributed by atoms with Gasteiger partial charge in [0.2, 0.25) is 0 Å². The normalized spacial score (nSPS) is 10.6. The number of ether oxygens (including phenoxy) is 2. The van der Waals surface area contributed by atoms with Crippen LogP contribution in [0.15, 0.2) is 12.1 Å². The summed E-state index contributed by atoms with van der Waals surface area (Å²) in [6.07, 6.45) is 1.48. The van der Waals surface area contributed by atoms with E-state index in [4.69, 9.17) is 26.8 Å². The summed E-state index contributed by atoms with van der Waals surface area (Å²) in [5.74, 6) is 1.80. The molecule has 0 unspecified atom stereocenters. The zero-order valence-corrected chi connectivity index (χ0v) is 12.1. The minimum atomic E-state index is 0.463. The topological polar surface area (TPSA) is 88.1 Å². The number of nitrogens with two attached hydrogens (primary N) is 1. The second-order valence-electron chi connectivity index (χ2n) is 4.06. The van der Waals surface area contributed by atoms with Gasteiger partial charge in [0.25, 0.3) is 0 Å². The Balaban J connectivity index is 2.48. The molecule has 0 fully saturated rings. The van der Waals surface area contributed by atoms with E-state index in [-0.39, 0.29) is 0 Å². The van der Waals surface area contributed by atoms with Crippen molar-refractivity contribution in [2.45, 2.75) is 12.8 Å². The minimum Gasteiger partial charge on any atom is -0.495 e. The van der Waals surface area contributed by atoms with Crippen molar-refractivity contribution in [1.29, 1.82) is 0 Å². The molecule has 0 aliphatic rings. The van der Waals surface area contributed by atoms with Crippen LogP contribution >= 0.6 is 11.6 Å². The number of rotatable bonds is 6. The van der Waals surface area contributed by atoms with Gasteiger partial charge in [0, 0.05) is 18.6 Å². The summed E-state index contributed by atoms with van der Waals surface area (Å²) in [6.45, 7) is 0.577. The van der Waals surface area contributed by atoms with Crippen LogP contribution in [0, 0.1) is 0 Å². The Kier molecular flexibility index (Phi) is 4.75. The van der Waals surface area contributed by atoms with E-state index < -0.39 is 0 Å². The largest absolute Gasteiger partial charge is 0.495 e. The van der Waals surface area contributed by atoms with Gasteiger partial charge < -0.3 is 15.2 Å². The Hall–Kier alpha value is -1.86. The Morgan fingerprint density at radius 2 is 2.00 bits per heavy atom. The molecular formula is C12H16ClN5O2. The molecule has 1 aromatic heterocycles. The predicted octanol–water partition coefficient (Wildman–Crippen LogP) is 1.22. The van der Waals surface area contributed by atoms with E-state index in [0.29, 0.717) is 41.0 Å². The molecule has 108 valence electrons. The fraction of sp³-hybridized carbons (Fsp3) is 0.417. The molecule has 20 heavy (non-hydrogen) atoms. The number of methoxy groups -OCH3 is 2. The van der Waals surface area contributed by atoms with Crippen LogP contribution in [0.2, 0.25) is 5.02 Å². The van der Waals surface area contributed by atoms with Crippen LogP contribution in [-0.2, 0) is 6.42 Å². The molecule has 7 nitrogen and oxygen atoms in total. The molecule has 0 amide bonds. The molecule has 0 spiro atoms. The van der Waals surface area contributed by atoms with Crippen molar-refractivity contribution in [2.24, 2.45) is 5.73 Å². The van der Waals surface area contributed by atoms with Gasteiger partial charge in [-0.3, -0.25) is 0 Å². The molecule has 2 aromatic rings. The SMILES string of the molecule is COc1cc(-n2nnnc2CCCN)c(OC)cc1Cl. The summed E-state index contributed by atoms with van der Waals surface area (Å²) in [6, 6.07) is 3.41. The molecule has 0 aliphatic heterocycles. The highest BCUT2D eigenvalue weighted by molar-refractivity contribution is 6.32. The lowest BCUT2D eigenvalue weighted by atomic mass is 10.2. The number of aromatic nitrogens is 4. The van der Waals surface area contributed by atoms with Gasteiger partial charge in [-0.1, -0.05) is 11.6 Å². The lowest BCUT2D eigenvalue weighted by Crippen LogP contribution is -2.08. The van der Waals surface area contributed by atoms with Crippen LogP contribution < -0.4 is 15.2 Å². The Morgan fingerprint density at radius 3 is 2.65 bits per heavy atom.